The van der Waals surface area contributed by atoms with Crippen molar-refractivity contribution in [2.45, 2.75) is 0 Å². The molecule has 0 bridgehead atoms. The van der Waals surface area contributed by atoms with Gasteiger partial charge in [0.25, 0.3) is 0 Å². The van der Waals surface area contributed by atoms with Crippen LogP contribution in [0.15, 0.2) is 133 Å². The Kier molecular flexibility index (Phi) is 6.21. The van der Waals surface area contributed by atoms with Gasteiger partial charge in [0.1, 0.15) is 28.8 Å². The van der Waals surface area contributed by atoms with E-state index >= 15 is 0 Å². The molecule has 1 heterocycles. The number of imidazole rings is 1. The standard InChI is InChI=1S/C33H24N2O2/c1-3-13-26(14-4-1)36-28-17-9-11-24(21-28)22-30(33-34-31-19-7-8-20-32(31)35-33)25-12-10-18-29(23-25)37-27-15-5-2-6-16-27/h1-23H,(H,34,35). The molecule has 0 spiro atoms. The minimum absolute atomic E-state index is 0.756. The van der Waals surface area contributed by atoms with Crippen molar-refractivity contribution in [1.29, 1.82) is 0 Å². The number of benzene rings is 5. The van der Waals surface area contributed by atoms with E-state index in [9.17, 15) is 0 Å². The van der Waals surface area contributed by atoms with Crippen molar-refractivity contribution in [1.82, 2.24) is 9.97 Å². The number of hydrogen-bond donors (Lipinski definition) is 1. The first kappa shape index (κ1) is 22.4. The van der Waals surface area contributed by atoms with Crippen LogP contribution in [-0.2, 0) is 0 Å². The van der Waals surface area contributed by atoms with Crippen molar-refractivity contribution in [3.8, 4) is 23.0 Å². The summed E-state index contributed by atoms with van der Waals surface area (Å²) in [5.74, 6) is 3.90. The molecule has 4 nitrogen and oxygen atoms in total. The van der Waals surface area contributed by atoms with Gasteiger partial charge in [0.2, 0.25) is 0 Å². The van der Waals surface area contributed by atoms with Crippen molar-refractivity contribution < 1.29 is 9.47 Å². The first-order chi connectivity index (χ1) is 18.3. The molecule has 0 saturated heterocycles. The Morgan fingerprint density at radius 3 is 1.86 bits per heavy atom. The maximum atomic E-state index is 6.12. The molecule has 6 rings (SSSR count). The van der Waals surface area contributed by atoms with Crippen molar-refractivity contribution in [3.05, 3.63) is 150 Å². The Hall–Kier alpha value is -5.09. The first-order valence-corrected chi connectivity index (χ1v) is 12.1. The first-order valence-electron chi connectivity index (χ1n) is 12.1. The quantitative estimate of drug-likeness (QED) is 0.232. The van der Waals surface area contributed by atoms with Gasteiger partial charge < -0.3 is 14.5 Å². The van der Waals surface area contributed by atoms with Crippen LogP contribution in [0.1, 0.15) is 17.0 Å². The molecule has 37 heavy (non-hydrogen) atoms. The molecule has 0 aliphatic rings. The highest BCUT2D eigenvalue weighted by Crippen LogP contribution is 2.31. The largest absolute Gasteiger partial charge is 0.457 e. The summed E-state index contributed by atoms with van der Waals surface area (Å²) in [7, 11) is 0. The van der Waals surface area contributed by atoms with Crippen LogP contribution in [0.5, 0.6) is 23.0 Å². The highest BCUT2D eigenvalue weighted by molar-refractivity contribution is 5.92. The van der Waals surface area contributed by atoms with Crippen LogP contribution in [0, 0.1) is 0 Å². The molecule has 0 aliphatic carbocycles. The number of hydrogen-bond acceptors (Lipinski definition) is 3. The van der Waals surface area contributed by atoms with Gasteiger partial charge in [0.15, 0.2) is 0 Å². The third kappa shape index (κ3) is 5.29. The van der Waals surface area contributed by atoms with Gasteiger partial charge in [-0.3, -0.25) is 0 Å². The van der Waals surface area contributed by atoms with Gasteiger partial charge in [-0.15, -0.1) is 0 Å². The molecule has 0 aliphatic heterocycles. The van der Waals surface area contributed by atoms with E-state index in [1.54, 1.807) is 0 Å². The second kappa shape index (κ2) is 10.3. The number of ether oxygens (including phenoxy) is 2. The molecule has 0 fully saturated rings. The fourth-order valence-corrected chi connectivity index (χ4v) is 4.18. The molecule has 0 atom stereocenters. The summed E-state index contributed by atoms with van der Waals surface area (Å²) in [6, 6.07) is 43.7. The van der Waals surface area contributed by atoms with Crippen molar-refractivity contribution in [2.24, 2.45) is 0 Å². The summed E-state index contributed by atoms with van der Waals surface area (Å²) in [6.45, 7) is 0. The third-order valence-electron chi connectivity index (χ3n) is 5.92. The highest BCUT2D eigenvalue weighted by Gasteiger charge is 2.13. The molecular formula is C33H24N2O2. The van der Waals surface area contributed by atoms with Gasteiger partial charge in [0, 0.05) is 5.57 Å². The fourth-order valence-electron chi connectivity index (χ4n) is 4.18. The lowest BCUT2D eigenvalue weighted by Gasteiger charge is -2.11. The minimum Gasteiger partial charge on any atom is -0.457 e. The molecule has 6 aromatic rings. The summed E-state index contributed by atoms with van der Waals surface area (Å²) in [5.41, 5.74) is 4.84. The van der Waals surface area contributed by atoms with Gasteiger partial charge in [0.05, 0.1) is 11.0 Å². The Morgan fingerprint density at radius 2 is 1.16 bits per heavy atom. The van der Waals surface area contributed by atoms with E-state index < -0.39 is 0 Å². The Morgan fingerprint density at radius 1 is 0.568 bits per heavy atom. The zero-order valence-electron chi connectivity index (χ0n) is 20.0. The molecular weight excluding hydrogens is 456 g/mol. The van der Waals surface area contributed by atoms with Crippen LogP contribution in [0.4, 0.5) is 0 Å². The summed E-state index contributed by atoms with van der Waals surface area (Å²) in [4.78, 5) is 8.38. The van der Waals surface area contributed by atoms with E-state index in [0.717, 1.165) is 56.6 Å². The van der Waals surface area contributed by atoms with Crippen LogP contribution < -0.4 is 9.47 Å². The van der Waals surface area contributed by atoms with Crippen molar-refractivity contribution in [3.63, 3.8) is 0 Å². The number of nitrogens with one attached hydrogen (secondary N) is 1. The molecule has 1 N–H and O–H groups in total. The maximum absolute atomic E-state index is 6.12. The molecule has 178 valence electrons. The van der Waals surface area contributed by atoms with Gasteiger partial charge in [-0.2, -0.15) is 0 Å². The molecule has 4 heteroatoms. The second-order valence-electron chi connectivity index (χ2n) is 8.59. The summed E-state index contributed by atoms with van der Waals surface area (Å²) >= 11 is 0. The Balaban J connectivity index is 1.41. The van der Waals surface area contributed by atoms with E-state index in [1.807, 2.05) is 121 Å². The molecule has 5 aromatic carbocycles. The van der Waals surface area contributed by atoms with E-state index in [-0.39, 0.29) is 0 Å². The maximum Gasteiger partial charge on any atom is 0.139 e. The topological polar surface area (TPSA) is 47.1 Å². The van der Waals surface area contributed by atoms with E-state index in [1.165, 1.54) is 0 Å². The smallest absolute Gasteiger partial charge is 0.139 e. The molecule has 0 saturated carbocycles. The van der Waals surface area contributed by atoms with Crippen LogP contribution in [0.2, 0.25) is 0 Å². The van der Waals surface area contributed by atoms with Crippen molar-refractivity contribution >= 4 is 22.7 Å². The number of aromatic nitrogens is 2. The van der Waals surface area contributed by atoms with Crippen LogP contribution in [0.3, 0.4) is 0 Å². The van der Waals surface area contributed by atoms with Crippen LogP contribution in [-0.4, -0.2) is 9.97 Å². The van der Waals surface area contributed by atoms with Crippen LogP contribution >= 0.6 is 0 Å². The monoisotopic (exact) mass is 480 g/mol. The van der Waals surface area contributed by atoms with Gasteiger partial charge in [-0.05, 0) is 77.9 Å². The Labute approximate surface area is 215 Å². The molecule has 1 aromatic heterocycles. The highest BCUT2D eigenvalue weighted by atomic mass is 16.5. The molecule has 0 radical (unpaired) electrons. The number of rotatable bonds is 7. The average Bonchev–Trinajstić information content (AvgIpc) is 3.37. The van der Waals surface area contributed by atoms with Gasteiger partial charge >= 0.3 is 0 Å². The number of para-hydroxylation sites is 4. The second-order valence-corrected chi connectivity index (χ2v) is 8.59. The lowest BCUT2D eigenvalue weighted by Crippen LogP contribution is -1.93. The minimum atomic E-state index is 0.756. The summed E-state index contributed by atoms with van der Waals surface area (Å²) in [6.07, 6.45) is 2.12. The summed E-state index contributed by atoms with van der Waals surface area (Å²) in [5, 5.41) is 0. The zero-order chi connectivity index (χ0) is 24.9. The molecule has 0 amide bonds. The SMILES string of the molecule is C(=C(c1cccc(Oc2ccccc2)c1)c1nc2ccccc2[nH]1)c1cccc(Oc2ccccc2)c1. The number of nitrogens with zero attached hydrogens (tertiary/aromatic N) is 1. The van der Waals surface area contributed by atoms with Gasteiger partial charge in [-0.25, -0.2) is 4.98 Å². The predicted molar refractivity (Wildman–Crippen MR) is 149 cm³/mol. The molecule has 0 unspecified atom stereocenters. The average molecular weight is 481 g/mol. The third-order valence-corrected chi connectivity index (χ3v) is 5.92. The number of H-pyrrole nitrogens is 1. The fraction of sp³-hybridized carbons (Fsp3) is 0. The zero-order valence-corrected chi connectivity index (χ0v) is 20.0. The van der Waals surface area contributed by atoms with E-state index in [4.69, 9.17) is 14.5 Å². The summed E-state index contributed by atoms with van der Waals surface area (Å²) < 4.78 is 12.2. The lowest BCUT2D eigenvalue weighted by molar-refractivity contribution is 0.482. The van der Waals surface area contributed by atoms with Crippen molar-refractivity contribution in [2.75, 3.05) is 0 Å². The lowest BCUT2D eigenvalue weighted by atomic mass is 10.0. The van der Waals surface area contributed by atoms with Gasteiger partial charge in [-0.1, -0.05) is 72.8 Å². The number of fused-ring (bicyclic) bond motifs is 1. The predicted octanol–water partition coefficient (Wildman–Crippen LogP) is 8.74. The van der Waals surface area contributed by atoms with E-state index in [2.05, 4.69) is 23.2 Å². The van der Waals surface area contributed by atoms with E-state index in [0.29, 0.717) is 0 Å². The van der Waals surface area contributed by atoms with Crippen LogP contribution in [0.25, 0.3) is 22.7 Å². The number of aromatic amines is 1. The normalized spacial score (nSPS) is 11.4. The Bertz CT molecular complexity index is 1640.